The summed E-state index contributed by atoms with van der Waals surface area (Å²) < 4.78 is 5.25. The van der Waals surface area contributed by atoms with Crippen molar-refractivity contribution >= 4 is 41.3 Å². The molecule has 1 saturated heterocycles. The fourth-order valence-electron chi connectivity index (χ4n) is 1.52. The third kappa shape index (κ3) is 4.40. The molecule has 0 radical (unpaired) electrons. The molecule has 0 bridgehead atoms. The first kappa shape index (κ1) is 14.7. The van der Waals surface area contributed by atoms with Crippen LogP contribution in [0.15, 0.2) is 11.2 Å². The molecule has 0 aliphatic carbocycles. The number of thiazole rings is 1. The van der Waals surface area contributed by atoms with Crippen LogP contribution in [0.4, 0.5) is 0 Å². The summed E-state index contributed by atoms with van der Waals surface area (Å²) in [5.74, 6) is 0.594. The largest absolute Gasteiger partial charge is 0.378 e. The van der Waals surface area contributed by atoms with E-state index in [1.54, 1.807) is 11.3 Å². The number of hydrogen-bond acceptors (Lipinski definition) is 4. The molecule has 2 N–H and O–H groups in total. The third-order valence-corrected chi connectivity index (χ3v) is 3.28. The summed E-state index contributed by atoms with van der Waals surface area (Å²) in [6, 6.07) is 0. The first-order valence-corrected chi connectivity index (χ1v) is 6.11. The van der Waals surface area contributed by atoms with Crippen LogP contribution >= 0.6 is 35.3 Å². The first-order chi connectivity index (χ1) is 7.75. The standard InChI is InChI=1S/C10H16N4OS.HI/c1-8-6-12-9(16-8)7-13-10(11)14-2-4-15-5-3-14;/h6H,2-5,7H2,1H3,(H2,11,13);1H. The SMILES string of the molecule is Cc1cnc(CN=C(N)N2CCOCC2)s1.I. The van der Waals surface area contributed by atoms with E-state index in [1.807, 2.05) is 18.0 Å². The van der Waals surface area contributed by atoms with Crippen molar-refractivity contribution in [3.63, 3.8) is 0 Å². The van der Waals surface area contributed by atoms with E-state index in [2.05, 4.69) is 9.98 Å². The van der Waals surface area contributed by atoms with Crippen LogP contribution in [0.25, 0.3) is 0 Å². The second kappa shape index (κ2) is 7.12. The molecule has 96 valence electrons. The van der Waals surface area contributed by atoms with Gasteiger partial charge in [0.2, 0.25) is 0 Å². The Morgan fingerprint density at radius 1 is 1.59 bits per heavy atom. The number of guanidine groups is 1. The number of rotatable bonds is 2. The Kier molecular flexibility index (Phi) is 6.14. The van der Waals surface area contributed by atoms with Crippen molar-refractivity contribution in [1.82, 2.24) is 9.88 Å². The highest BCUT2D eigenvalue weighted by Crippen LogP contribution is 2.12. The van der Waals surface area contributed by atoms with Crippen LogP contribution in [0.5, 0.6) is 0 Å². The van der Waals surface area contributed by atoms with Crippen LogP contribution in [0.3, 0.4) is 0 Å². The van der Waals surface area contributed by atoms with Crippen molar-refractivity contribution in [1.29, 1.82) is 0 Å². The van der Waals surface area contributed by atoms with E-state index >= 15 is 0 Å². The Labute approximate surface area is 122 Å². The first-order valence-electron chi connectivity index (χ1n) is 5.29. The molecule has 1 aromatic rings. The highest BCUT2D eigenvalue weighted by Gasteiger charge is 2.11. The second-order valence-corrected chi connectivity index (χ2v) is 4.96. The summed E-state index contributed by atoms with van der Waals surface area (Å²) in [6.07, 6.45) is 1.86. The molecule has 0 saturated carbocycles. The zero-order chi connectivity index (χ0) is 11.4. The number of halogens is 1. The maximum absolute atomic E-state index is 5.90. The predicted molar refractivity (Wildman–Crippen MR) is 80.0 cm³/mol. The van der Waals surface area contributed by atoms with Gasteiger partial charge >= 0.3 is 0 Å². The van der Waals surface area contributed by atoms with E-state index in [0.29, 0.717) is 12.5 Å². The number of aryl methyl sites for hydroxylation is 1. The third-order valence-electron chi connectivity index (χ3n) is 2.38. The Morgan fingerprint density at radius 2 is 2.29 bits per heavy atom. The van der Waals surface area contributed by atoms with E-state index in [0.717, 1.165) is 31.3 Å². The Balaban J connectivity index is 0.00000144. The van der Waals surface area contributed by atoms with Crippen LogP contribution in [0.1, 0.15) is 9.88 Å². The molecular weight excluding hydrogens is 351 g/mol. The van der Waals surface area contributed by atoms with Crippen molar-refractivity contribution in [2.24, 2.45) is 10.7 Å². The van der Waals surface area contributed by atoms with Gasteiger partial charge < -0.3 is 15.4 Å². The average molecular weight is 368 g/mol. The molecular formula is C10H17IN4OS. The lowest BCUT2D eigenvalue weighted by atomic mass is 10.4. The minimum absolute atomic E-state index is 0. The fourth-order valence-corrected chi connectivity index (χ4v) is 2.23. The number of ether oxygens (including phenoxy) is 1. The highest BCUT2D eigenvalue weighted by molar-refractivity contribution is 14.0. The van der Waals surface area contributed by atoms with Gasteiger partial charge in [-0.25, -0.2) is 9.98 Å². The molecule has 17 heavy (non-hydrogen) atoms. The molecule has 0 amide bonds. The fraction of sp³-hybridized carbons (Fsp3) is 0.600. The normalized spacial score (nSPS) is 16.8. The van der Waals surface area contributed by atoms with Crippen molar-refractivity contribution in [2.75, 3.05) is 26.3 Å². The van der Waals surface area contributed by atoms with Gasteiger partial charge in [-0.3, -0.25) is 0 Å². The number of hydrogen-bond donors (Lipinski definition) is 1. The van der Waals surface area contributed by atoms with Gasteiger partial charge in [0.15, 0.2) is 5.96 Å². The van der Waals surface area contributed by atoms with Gasteiger partial charge in [-0.05, 0) is 6.92 Å². The lowest BCUT2D eigenvalue weighted by Crippen LogP contribution is -2.44. The van der Waals surface area contributed by atoms with E-state index in [1.165, 1.54) is 4.88 Å². The van der Waals surface area contributed by atoms with E-state index in [4.69, 9.17) is 10.5 Å². The summed E-state index contributed by atoms with van der Waals surface area (Å²) in [5.41, 5.74) is 5.90. The average Bonchev–Trinajstić information content (AvgIpc) is 2.73. The van der Waals surface area contributed by atoms with Crippen LogP contribution in [0, 0.1) is 6.92 Å². The molecule has 5 nitrogen and oxygen atoms in total. The number of nitrogens with two attached hydrogens (primary N) is 1. The van der Waals surface area contributed by atoms with Crippen LogP contribution in [-0.4, -0.2) is 42.1 Å². The van der Waals surface area contributed by atoms with Gasteiger partial charge in [-0.2, -0.15) is 0 Å². The van der Waals surface area contributed by atoms with Gasteiger partial charge in [-0.15, -0.1) is 35.3 Å². The minimum Gasteiger partial charge on any atom is -0.378 e. The number of aliphatic imine (C=N–C) groups is 1. The van der Waals surface area contributed by atoms with Crippen molar-refractivity contribution in [3.8, 4) is 0 Å². The summed E-state index contributed by atoms with van der Waals surface area (Å²) in [5, 5.41) is 1.01. The molecule has 0 aromatic carbocycles. The quantitative estimate of drug-likeness (QED) is 0.484. The van der Waals surface area contributed by atoms with E-state index < -0.39 is 0 Å². The molecule has 1 aromatic heterocycles. The summed E-state index contributed by atoms with van der Waals surface area (Å²) >= 11 is 1.66. The van der Waals surface area contributed by atoms with Crippen molar-refractivity contribution in [3.05, 3.63) is 16.1 Å². The van der Waals surface area contributed by atoms with Gasteiger partial charge in [0.05, 0.1) is 19.8 Å². The second-order valence-electron chi connectivity index (χ2n) is 3.64. The van der Waals surface area contributed by atoms with E-state index in [9.17, 15) is 0 Å². The van der Waals surface area contributed by atoms with Gasteiger partial charge in [0.1, 0.15) is 5.01 Å². The van der Waals surface area contributed by atoms with Gasteiger partial charge in [-0.1, -0.05) is 0 Å². The van der Waals surface area contributed by atoms with Crippen LogP contribution in [0.2, 0.25) is 0 Å². The van der Waals surface area contributed by atoms with Crippen LogP contribution < -0.4 is 5.73 Å². The molecule has 0 spiro atoms. The Bertz CT molecular complexity index is 376. The number of morpholine rings is 1. The van der Waals surface area contributed by atoms with Gasteiger partial charge in [0.25, 0.3) is 0 Å². The number of nitrogens with zero attached hydrogens (tertiary/aromatic N) is 3. The molecule has 0 atom stereocenters. The summed E-state index contributed by atoms with van der Waals surface area (Å²) in [6.45, 7) is 5.72. The molecule has 0 unspecified atom stereocenters. The minimum atomic E-state index is 0. The topological polar surface area (TPSA) is 63.7 Å². The maximum atomic E-state index is 5.90. The molecule has 1 fully saturated rings. The van der Waals surface area contributed by atoms with E-state index in [-0.39, 0.29) is 24.0 Å². The van der Waals surface area contributed by atoms with Crippen LogP contribution in [-0.2, 0) is 11.3 Å². The zero-order valence-corrected chi connectivity index (χ0v) is 12.9. The lowest BCUT2D eigenvalue weighted by Gasteiger charge is -2.27. The maximum Gasteiger partial charge on any atom is 0.191 e. The molecule has 2 heterocycles. The monoisotopic (exact) mass is 368 g/mol. The van der Waals surface area contributed by atoms with Crippen molar-refractivity contribution in [2.45, 2.75) is 13.5 Å². The smallest absolute Gasteiger partial charge is 0.191 e. The molecule has 1 aliphatic heterocycles. The summed E-state index contributed by atoms with van der Waals surface area (Å²) in [7, 11) is 0. The molecule has 7 heteroatoms. The van der Waals surface area contributed by atoms with Crippen molar-refractivity contribution < 1.29 is 4.74 Å². The molecule has 2 rings (SSSR count). The molecule has 1 aliphatic rings. The Hall–Kier alpha value is -0.410. The number of aromatic nitrogens is 1. The lowest BCUT2D eigenvalue weighted by molar-refractivity contribution is 0.0674. The highest BCUT2D eigenvalue weighted by atomic mass is 127. The summed E-state index contributed by atoms with van der Waals surface area (Å²) in [4.78, 5) is 11.8. The Morgan fingerprint density at radius 3 is 2.88 bits per heavy atom. The zero-order valence-electron chi connectivity index (χ0n) is 9.76. The van der Waals surface area contributed by atoms with Gasteiger partial charge in [0, 0.05) is 24.2 Å². The predicted octanol–water partition coefficient (Wildman–Crippen LogP) is 1.22.